The van der Waals surface area contributed by atoms with Gasteiger partial charge in [-0.2, -0.15) is 0 Å². The fraction of sp³-hybridized carbons (Fsp3) is 0.590. The number of amides is 3. The molecule has 49 heavy (non-hydrogen) atoms. The van der Waals surface area contributed by atoms with Crippen LogP contribution in [0.3, 0.4) is 0 Å². The standard InChI is InChI=1S/C39H59N3O7/c1-10-11-12-13-14-18-24-42(35(45)32(26-43)41-37(47)49-39(7,8)9)33(30-23-19-20-27(2)28(30)3)34(44)40-31(36(46)48-38(4,5)6)25-29-21-16-15-17-22-29/h15-17,19-23,31-33,43H,10-14,18,24-26H2,1-9H3,(H,40,44)(H,41,47). The third-order valence-corrected chi connectivity index (χ3v) is 8.00. The van der Waals surface area contributed by atoms with E-state index in [2.05, 4.69) is 17.6 Å². The molecule has 0 aliphatic rings. The highest BCUT2D eigenvalue weighted by Crippen LogP contribution is 2.28. The molecule has 10 heteroatoms. The summed E-state index contributed by atoms with van der Waals surface area (Å²) in [6.07, 6.45) is 4.95. The highest BCUT2D eigenvalue weighted by molar-refractivity contribution is 5.94. The lowest BCUT2D eigenvalue weighted by Crippen LogP contribution is -2.56. The van der Waals surface area contributed by atoms with Gasteiger partial charge in [0.15, 0.2) is 0 Å². The molecule has 0 aromatic heterocycles. The number of aliphatic hydroxyl groups excluding tert-OH is 1. The fourth-order valence-corrected chi connectivity index (χ4v) is 5.45. The van der Waals surface area contributed by atoms with Gasteiger partial charge in [0.05, 0.1) is 6.61 Å². The number of nitrogens with one attached hydrogen (secondary N) is 2. The molecule has 3 atom stereocenters. The Kier molecular flexibility index (Phi) is 16.3. The van der Waals surface area contributed by atoms with E-state index in [1.807, 2.05) is 56.3 Å². The lowest BCUT2D eigenvalue weighted by Gasteiger charge is -2.36. The lowest BCUT2D eigenvalue weighted by molar-refractivity contribution is -0.159. The fourth-order valence-electron chi connectivity index (χ4n) is 5.45. The topological polar surface area (TPSA) is 134 Å². The summed E-state index contributed by atoms with van der Waals surface area (Å²) in [5, 5.41) is 15.8. The number of carbonyl (C=O) groups is 4. The van der Waals surface area contributed by atoms with Crippen LogP contribution in [0.2, 0.25) is 0 Å². The van der Waals surface area contributed by atoms with E-state index in [-0.39, 0.29) is 13.0 Å². The molecule has 0 spiro atoms. The van der Waals surface area contributed by atoms with Crippen LogP contribution in [0.1, 0.15) is 115 Å². The molecule has 3 N–H and O–H groups in total. The molecule has 0 saturated heterocycles. The molecule has 3 amide bonds. The Labute approximate surface area is 293 Å². The van der Waals surface area contributed by atoms with Gasteiger partial charge in [-0.05, 0) is 84.1 Å². The van der Waals surface area contributed by atoms with Crippen LogP contribution in [0, 0.1) is 13.8 Å². The van der Waals surface area contributed by atoms with Crippen molar-refractivity contribution < 1.29 is 33.8 Å². The van der Waals surface area contributed by atoms with E-state index >= 15 is 0 Å². The second kappa shape index (κ2) is 19.3. The molecule has 10 nitrogen and oxygen atoms in total. The summed E-state index contributed by atoms with van der Waals surface area (Å²) in [4.78, 5) is 56.7. The van der Waals surface area contributed by atoms with Crippen molar-refractivity contribution in [1.82, 2.24) is 15.5 Å². The van der Waals surface area contributed by atoms with Crippen LogP contribution in [0.25, 0.3) is 0 Å². The first-order chi connectivity index (χ1) is 23.0. The van der Waals surface area contributed by atoms with Gasteiger partial charge in [0.25, 0.3) is 0 Å². The molecule has 272 valence electrons. The van der Waals surface area contributed by atoms with Gasteiger partial charge < -0.3 is 30.1 Å². The number of rotatable bonds is 17. The smallest absolute Gasteiger partial charge is 0.408 e. The molecular weight excluding hydrogens is 622 g/mol. The number of hydrogen-bond acceptors (Lipinski definition) is 7. The molecule has 0 aliphatic carbocycles. The molecule has 0 fully saturated rings. The first kappa shape index (κ1) is 41.3. The highest BCUT2D eigenvalue weighted by Gasteiger charge is 2.38. The first-order valence-electron chi connectivity index (χ1n) is 17.5. The summed E-state index contributed by atoms with van der Waals surface area (Å²) in [5.41, 5.74) is 1.49. The maximum atomic E-state index is 14.6. The van der Waals surface area contributed by atoms with Crippen LogP contribution < -0.4 is 10.6 Å². The molecule has 0 radical (unpaired) electrons. The number of alkyl carbamates (subject to hydrolysis) is 1. The minimum Gasteiger partial charge on any atom is -0.458 e. The molecule has 2 aromatic rings. The molecule has 2 aromatic carbocycles. The van der Waals surface area contributed by atoms with Crippen LogP contribution in [-0.2, 0) is 30.3 Å². The summed E-state index contributed by atoms with van der Waals surface area (Å²) in [6.45, 7) is 15.8. The summed E-state index contributed by atoms with van der Waals surface area (Å²) in [7, 11) is 0. The number of aryl methyl sites for hydroxylation is 1. The summed E-state index contributed by atoms with van der Waals surface area (Å²) < 4.78 is 11.1. The van der Waals surface area contributed by atoms with Crippen LogP contribution in [0.15, 0.2) is 48.5 Å². The average molecular weight is 682 g/mol. The maximum absolute atomic E-state index is 14.6. The van der Waals surface area contributed by atoms with Gasteiger partial charge in [0.1, 0.15) is 29.3 Å². The molecular formula is C39H59N3O7. The predicted octanol–water partition coefficient (Wildman–Crippen LogP) is 6.49. The number of carbonyl (C=O) groups excluding carboxylic acids is 4. The van der Waals surface area contributed by atoms with Crippen LogP contribution >= 0.6 is 0 Å². The zero-order valence-corrected chi connectivity index (χ0v) is 31.1. The Morgan fingerprint density at radius 3 is 1.98 bits per heavy atom. The molecule has 0 heterocycles. The van der Waals surface area contributed by atoms with E-state index in [0.29, 0.717) is 12.0 Å². The highest BCUT2D eigenvalue weighted by atomic mass is 16.6. The number of benzene rings is 2. The van der Waals surface area contributed by atoms with E-state index in [0.717, 1.165) is 48.8 Å². The van der Waals surface area contributed by atoms with Crippen molar-refractivity contribution in [2.75, 3.05) is 13.2 Å². The maximum Gasteiger partial charge on any atom is 0.408 e. The molecule has 0 saturated carbocycles. The van der Waals surface area contributed by atoms with Gasteiger partial charge in [-0.25, -0.2) is 9.59 Å². The van der Waals surface area contributed by atoms with Crippen LogP contribution in [0.4, 0.5) is 4.79 Å². The van der Waals surface area contributed by atoms with E-state index in [4.69, 9.17) is 9.47 Å². The number of esters is 1. The Morgan fingerprint density at radius 1 is 0.776 bits per heavy atom. The number of hydrogen-bond donors (Lipinski definition) is 3. The second-order valence-corrected chi connectivity index (χ2v) is 14.7. The van der Waals surface area contributed by atoms with Crippen molar-refractivity contribution in [3.05, 3.63) is 70.8 Å². The third kappa shape index (κ3) is 14.2. The van der Waals surface area contributed by atoms with Gasteiger partial charge >= 0.3 is 12.1 Å². The molecule has 3 unspecified atom stereocenters. The zero-order valence-electron chi connectivity index (χ0n) is 31.1. The summed E-state index contributed by atoms with van der Waals surface area (Å²) >= 11 is 0. The minimum absolute atomic E-state index is 0.172. The number of unbranched alkanes of at least 4 members (excludes halogenated alkanes) is 5. The Balaban J connectivity index is 2.62. The Bertz CT molecular complexity index is 1360. The van der Waals surface area contributed by atoms with Crippen molar-refractivity contribution in [2.24, 2.45) is 0 Å². The zero-order chi connectivity index (χ0) is 36.8. The number of nitrogens with zero attached hydrogens (tertiary/aromatic N) is 1. The summed E-state index contributed by atoms with van der Waals surface area (Å²) in [5.74, 6) is -1.81. The minimum atomic E-state index is -1.37. The van der Waals surface area contributed by atoms with Crippen molar-refractivity contribution in [3.63, 3.8) is 0 Å². The predicted molar refractivity (Wildman–Crippen MR) is 192 cm³/mol. The lowest BCUT2D eigenvalue weighted by atomic mass is 9.94. The summed E-state index contributed by atoms with van der Waals surface area (Å²) in [6, 6.07) is 11.3. The van der Waals surface area contributed by atoms with Gasteiger partial charge in [-0.1, -0.05) is 87.6 Å². The Hall–Kier alpha value is -3.92. The van der Waals surface area contributed by atoms with Crippen LogP contribution in [-0.4, -0.2) is 70.3 Å². The normalized spacial score (nSPS) is 13.5. The molecule has 0 aliphatic heterocycles. The van der Waals surface area contributed by atoms with Gasteiger partial charge in [-0.3, -0.25) is 9.59 Å². The molecule has 2 rings (SSSR count). The van der Waals surface area contributed by atoms with Gasteiger partial charge in [0, 0.05) is 13.0 Å². The average Bonchev–Trinajstić information content (AvgIpc) is 3.01. The monoisotopic (exact) mass is 681 g/mol. The quantitative estimate of drug-likeness (QED) is 0.128. The van der Waals surface area contributed by atoms with E-state index in [1.54, 1.807) is 47.6 Å². The van der Waals surface area contributed by atoms with E-state index in [9.17, 15) is 24.3 Å². The van der Waals surface area contributed by atoms with Crippen molar-refractivity contribution in [1.29, 1.82) is 0 Å². The van der Waals surface area contributed by atoms with Gasteiger partial charge in [-0.15, -0.1) is 0 Å². The van der Waals surface area contributed by atoms with Crippen LogP contribution in [0.5, 0.6) is 0 Å². The SMILES string of the molecule is CCCCCCCCN(C(=O)C(CO)NC(=O)OC(C)(C)C)C(C(=O)NC(Cc1ccccc1)C(=O)OC(C)(C)C)c1cccc(C)c1C. The van der Waals surface area contributed by atoms with Crippen molar-refractivity contribution >= 4 is 23.9 Å². The van der Waals surface area contributed by atoms with Crippen molar-refractivity contribution in [2.45, 2.75) is 137 Å². The van der Waals surface area contributed by atoms with E-state index < -0.39 is 59.8 Å². The van der Waals surface area contributed by atoms with E-state index in [1.165, 1.54) is 4.90 Å². The van der Waals surface area contributed by atoms with Crippen molar-refractivity contribution in [3.8, 4) is 0 Å². The van der Waals surface area contributed by atoms with Gasteiger partial charge in [0.2, 0.25) is 11.8 Å². The Morgan fingerprint density at radius 2 is 1.39 bits per heavy atom. The first-order valence-corrected chi connectivity index (χ1v) is 17.5. The third-order valence-electron chi connectivity index (χ3n) is 8.00. The molecule has 0 bridgehead atoms. The number of aliphatic hydroxyl groups is 1. The largest absolute Gasteiger partial charge is 0.458 e. The number of ether oxygens (including phenoxy) is 2. The second-order valence-electron chi connectivity index (χ2n) is 14.7.